The number of methoxy groups -OCH3 is 1. The molecule has 0 radical (unpaired) electrons. The highest BCUT2D eigenvalue weighted by atomic mass is 16.5. The highest BCUT2D eigenvalue weighted by Crippen LogP contribution is 2.21. The fourth-order valence-electron chi connectivity index (χ4n) is 3.00. The molecule has 0 aliphatic heterocycles. The number of hydrogen-bond acceptors (Lipinski definition) is 2. The number of rotatable bonds is 5. The molecule has 2 heteroatoms. The summed E-state index contributed by atoms with van der Waals surface area (Å²) in [5.41, 5.74) is 1.34. The fourth-order valence-corrected chi connectivity index (χ4v) is 3.00. The Kier molecular flexibility index (Phi) is 6.38. The van der Waals surface area contributed by atoms with Crippen molar-refractivity contribution in [3.05, 3.63) is 35.9 Å². The van der Waals surface area contributed by atoms with E-state index in [1.165, 1.54) is 50.5 Å². The van der Waals surface area contributed by atoms with Crippen LogP contribution < -0.4 is 5.32 Å². The SMILES string of the molecule is COCC(NC1CCCCCCC1)c1ccccc1. The van der Waals surface area contributed by atoms with E-state index in [-0.39, 0.29) is 0 Å². The first kappa shape index (κ1) is 14.5. The van der Waals surface area contributed by atoms with E-state index in [4.69, 9.17) is 4.74 Å². The van der Waals surface area contributed by atoms with Gasteiger partial charge in [-0.25, -0.2) is 0 Å². The Bertz CT molecular complexity index is 330. The van der Waals surface area contributed by atoms with E-state index in [2.05, 4.69) is 35.6 Å². The van der Waals surface area contributed by atoms with Gasteiger partial charge in [-0.3, -0.25) is 0 Å². The van der Waals surface area contributed by atoms with E-state index in [1.807, 2.05) is 0 Å². The molecule has 0 heterocycles. The Balaban J connectivity index is 1.95. The van der Waals surface area contributed by atoms with Crippen LogP contribution in [0.15, 0.2) is 30.3 Å². The maximum absolute atomic E-state index is 5.39. The highest BCUT2D eigenvalue weighted by molar-refractivity contribution is 5.19. The molecule has 1 saturated carbocycles. The molecule has 1 atom stereocenters. The van der Waals surface area contributed by atoms with Gasteiger partial charge >= 0.3 is 0 Å². The van der Waals surface area contributed by atoms with Gasteiger partial charge in [0.25, 0.3) is 0 Å². The van der Waals surface area contributed by atoms with E-state index in [1.54, 1.807) is 7.11 Å². The Hall–Kier alpha value is -0.860. The molecule has 0 saturated heterocycles. The topological polar surface area (TPSA) is 21.3 Å². The van der Waals surface area contributed by atoms with Crippen LogP contribution in [0, 0.1) is 0 Å². The van der Waals surface area contributed by atoms with Crippen LogP contribution in [0.25, 0.3) is 0 Å². The lowest BCUT2D eigenvalue weighted by Crippen LogP contribution is -2.35. The Morgan fingerprint density at radius 3 is 2.32 bits per heavy atom. The van der Waals surface area contributed by atoms with Crippen molar-refractivity contribution in [1.82, 2.24) is 5.32 Å². The molecular weight excluding hydrogens is 234 g/mol. The molecule has 1 aliphatic carbocycles. The van der Waals surface area contributed by atoms with Gasteiger partial charge in [0.05, 0.1) is 12.6 Å². The van der Waals surface area contributed by atoms with Crippen molar-refractivity contribution in [3.63, 3.8) is 0 Å². The second-order valence-electron chi connectivity index (χ2n) is 5.63. The van der Waals surface area contributed by atoms with Gasteiger partial charge in [0.2, 0.25) is 0 Å². The lowest BCUT2D eigenvalue weighted by Gasteiger charge is -2.27. The van der Waals surface area contributed by atoms with Gasteiger partial charge in [-0.05, 0) is 18.4 Å². The standard InChI is InChI=1S/C17H27NO/c1-19-14-17(15-10-6-5-7-11-15)18-16-12-8-3-2-4-9-13-16/h5-7,10-11,16-18H,2-4,8-9,12-14H2,1H3. The van der Waals surface area contributed by atoms with Crippen molar-refractivity contribution in [3.8, 4) is 0 Å². The Labute approximate surface area is 117 Å². The molecule has 19 heavy (non-hydrogen) atoms. The summed E-state index contributed by atoms with van der Waals surface area (Å²) in [5.74, 6) is 0. The molecule has 2 rings (SSSR count). The van der Waals surface area contributed by atoms with Gasteiger partial charge in [-0.15, -0.1) is 0 Å². The Morgan fingerprint density at radius 1 is 1.05 bits per heavy atom. The quantitative estimate of drug-likeness (QED) is 0.862. The van der Waals surface area contributed by atoms with E-state index >= 15 is 0 Å². The maximum atomic E-state index is 5.39. The second-order valence-corrected chi connectivity index (χ2v) is 5.63. The Morgan fingerprint density at radius 2 is 1.68 bits per heavy atom. The summed E-state index contributed by atoms with van der Waals surface area (Å²) in [4.78, 5) is 0. The third-order valence-corrected chi connectivity index (χ3v) is 4.08. The average Bonchev–Trinajstić information content (AvgIpc) is 2.42. The third-order valence-electron chi connectivity index (χ3n) is 4.08. The molecule has 1 aliphatic rings. The molecule has 0 spiro atoms. The monoisotopic (exact) mass is 261 g/mol. The smallest absolute Gasteiger partial charge is 0.0657 e. The number of benzene rings is 1. The van der Waals surface area contributed by atoms with Crippen LogP contribution in [-0.2, 0) is 4.74 Å². The lowest BCUT2D eigenvalue weighted by atomic mass is 9.95. The van der Waals surface area contributed by atoms with Crippen LogP contribution in [0.3, 0.4) is 0 Å². The molecule has 1 aromatic carbocycles. The van der Waals surface area contributed by atoms with Crippen molar-refractivity contribution >= 4 is 0 Å². The van der Waals surface area contributed by atoms with Crippen LogP contribution in [0.1, 0.15) is 56.6 Å². The van der Waals surface area contributed by atoms with Gasteiger partial charge in [-0.1, -0.05) is 62.4 Å². The number of hydrogen-bond donors (Lipinski definition) is 1. The first-order valence-corrected chi connectivity index (χ1v) is 7.70. The summed E-state index contributed by atoms with van der Waals surface area (Å²) in [7, 11) is 1.79. The molecule has 1 aromatic rings. The van der Waals surface area contributed by atoms with E-state index in [0.29, 0.717) is 12.1 Å². The summed E-state index contributed by atoms with van der Waals surface area (Å²) in [6.45, 7) is 0.751. The zero-order valence-electron chi connectivity index (χ0n) is 12.1. The zero-order valence-corrected chi connectivity index (χ0v) is 12.1. The third kappa shape index (κ3) is 4.96. The number of nitrogens with one attached hydrogen (secondary N) is 1. The summed E-state index contributed by atoms with van der Waals surface area (Å²) in [6.07, 6.45) is 9.59. The van der Waals surface area contributed by atoms with Gasteiger partial charge in [0, 0.05) is 13.2 Å². The van der Waals surface area contributed by atoms with Crippen molar-refractivity contribution in [1.29, 1.82) is 0 Å². The molecule has 106 valence electrons. The maximum Gasteiger partial charge on any atom is 0.0657 e. The summed E-state index contributed by atoms with van der Waals surface area (Å²) in [6, 6.07) is 11.7. The predicted octanol–water partition coefficient (Wildman–Crippen LogP) is 4.08. The largest absolute Gasteiger partial charge is 0.383 e. The summed E-state index contributed by atoms with van der Waals surface area (Å²) < 4.78 is 5.39. The average molecular weight is 261 g/mol. The van der Waals surface area contributed by atoms with E-state index < -0.39 is 0 Å². The van der Waals surface area contributed by atoms with Gasteiger partial charge in [-0.2, -0.15) is 0 Å². The molecule has 2 nitrogen and oxygen atoms in total. The van der Waals surface area contributed by atoms with Crippen LogP contribution in [0.4, 0.5) is 0 Å². The lowest BCUT2D eigenvalue weighted by molar-refractivity contribution is 0.157. The first-order valence-electron chi connectivity index (χ1n) is 7.70. The molecule has 0 bridgehead atoms. The summed E-state index contributed by atoms with van der Waals surface area (Å²) in [5, 5.41) is 3.82. The minimum atomic E-state index is 0.329. The molecule has 0 amide bonds. The van der Waals surface area contributed by atoms with E-state index in [0.717, 1.165) is 6.61 Å². The van der Waals surface area contributed by atoms with Crippen molar-refractivity contribution < 1.29 is 4.74 Å². The second kappa shape index (κ2) is 8.34. The normalized spacial score (nSPS) is 19.6. The predicted molar refractivity (Wildman–Crippen MR) is 80.3 cm³/mol. The summed E-state index contributed by atoms with van der Waals surface area (Å²) >= 11 is 0. The van der Waals surface area contributed by atoms with Gasteiger partial charge < -0.3 is 10.1 Å². The van der Waals surface area contributed by atoms with Crippen molar-refractivity contribution in [2.24, 2.45) is 0 Å². The number of ether oxygens (including phenoxy) is 1. The van der Waals surface area contributed by atoms with E-state index in [9.17, 15) is 0 Å². The van der Waals surface area contributed by atoms with Crippen LogP contribution in [0.5, 0.6) is 0 Å². The minimum Gasteiger partial charge on any atom is -0.383 e. The van der Waals surface area contributed by atoms with Gasteiger partial charge in [0.15, 0.2) is 0 Å². The minimum absolute atomic E-state index is 0.329. The first-order chi connectivity index (χ1) is 9.40. The fraction of sp³-hybridized carbons (Fsp3) is 0.647. The zero-order chi connectivity index (χ0) is 13.3. The molecule has 1 fully saturated rings. The molecule has 1 N–H and O–H groups in total. The molecule has 1 unspecified atom stereocenters. The van der Waals surface area contributed by atoms with Crippen LogP contribution >= 0.6 is 0 Å². The molecular formula is C17H27NO. The van der Waals surface area contributed by atoms with Gasteiger partial charge in [0.1, 0.15) is 0 Å². The van der Waals surface area contributed by atoms with Crippen molar-refractivity contribution in [2.75, 3.05) is 13.7 Å². The van der Waals surface area contributed by atoms with Crippen LogP contribution in [0.2, 0.25) is 0 Å². The van der Waals surface area contributed by atoms with Crippen LogP contribution in [-0.4, -0.2) is 19.8 Å². The molecule has 0 aromatic heterocycles. The highest BCUT2D eigenvalue weighted by Gasteiger charge is 2.17. The van der Waals surface area contributed by atoms with Crippen molar-refractivity contribution in [2.45, 2.75) is 57.0 Å².